The van der Waals surface area contributed by atoms with Crippen LogP contribution < -0.4 is 22.8 Å². The molecule has 0 amide bonds. The van der Waals surface area contributed by atoms with Crippen LogP contribution in [0, 0.1) is 7.14 Å². The van der Waals surface area contributed by atoms with Crippen LogP contribution in [0.5, 0.6) is 0 Å². The molecule has 0 unspecified atom stereocenters. The Kier molecular flexibility index (Phi) is 11.5. The molecule has 0 saturated carbocycles. The molecular weight excluding hydrogens is 792 g/mol. The molecule has 40 heavy (non-hydrogen) atoms. The Balaban J connectivity index is 0.000000266. The van der Waals surface area contributed by atoms with Gasteiger partial charge < -0.3 is 39.5 Å². The van der Waals surface area contributed by atoms with Gasteiger partial charge in [0.1, 0.15) is 57.9 Å². The molecule has 220 valence electrons. The number of anilines is 2. The van der Waals surface area contributed by atoms with Gasteiger partial charge in [-0.15, -0.1) is 0 Å². The fourth-order valence-electron chi connectivity index (χ4n) is 3.79. The van der Waals surface area contributed by atoms with E-state index in [9.17, 15) is 14.7 Å². The van der Waals surface area contributed by atoms with E-state index >= 15 is 0 Å². The van der Waals surface area contributed by atoms with Crippen LogP contribution in [0.2, 0.25) is 0 Å². The van der Waals surface area contributed by atoms with E-state index in [4.69, 9.17) is 39.8 Å². The molecule has 2 aromatic rings. The van der Waals surface area contributed by atoms with Gasteiger partial charge in [0.05, 0.1) is 26.5 Å². The Hall–Kier alpha value is -0.590. The maximum Gasteiger partial charge on any atom is 0.351 e. The average molecular weight is 828 g/mol. The highest BCUT2D eigenvalue weighted by Crippen LogP contribution is 2.33. The highest BCUT2D eigenvalue weighted by molar-refractivity contribution is 14.1. The maximum atomic E-state index is 12.1. The molecule has 4 heterocycles. The first kappa shape index (κ1) is 28.2. The third-order valence-corrected chi connectivity index (χ3v) is 8.32. The lowest BCUT2D eigenvalue weighted by Gasteiger charge is -2.17. The van der Waals surface area contributed by atoms with Gasteiger partial charge in [-0.3, -0.25) is 9.13 Å². The molecule has 0 aromatic carbocycles. The van der Waals surface area contributed by atoms with E-state index in [2.05, 4.69) is 9.97 Å². The number of aromatic nitrogens is 4. The predicted octanol–water partition coefficient (Wildman–Crippen LogP) is -1.33. The van der Waals surface area contributed by atoms with Crippen molar-refractivity contribution in [3.05, 3.63) is 40.5 Å². The van der Waals surface area contributed by atoms with E-state index < -0.39 is 63.8 Å². The predicted molar refractivity (Wildman–Crippen MR) is 174 cm³/mol. The van der Waals surface area contributed by atoms with Crippen molar-refractivity contribution in [3.8, 4) is 0 Å². The third kappa shape index (κ3) is 8.96. The Morgan fingerprint density at radius 2 is 1.62 bits per heavy atom. The third-order valence-electron chi connectivity index (χ3n) is 5.70. The van der Waals surface area contributed by atoms with Crippen LogP contribution in [0.1, 0.15) is 25.3 Å². The van der Waals surface area contributed by atoms with Crippen LogP contribution in [-0.4, -0.2) is 99.1 Å². The number of halogens is 2. The van der Waals surface area contributed by atoms with Crippen LogP contribution in [0.4, 0.5) is 11.6 Å². The van der Waals surface area contributed by atoms with E-state index in [0.717, 1.165) is 24.1 Å². The summed E-state index contributed by atoms with van der Waals surface area (Å²) in [5.74, 6) is 0.330. The molecule has 2 saturated heterocycles. The summed E-state index contributed by atoms with van der Waals surface area (Å²) in [6, 6.07) is 0. The first-order valence-corrected chi connectivity index (χ1v) is 15.7. The van der Waals surface area contributed by atoms with Crippen molar-refractivity contribution in [1.82, 2.24) is 19.1 Å². The second-order valence-corrected chi connectivity index (χ2v) is 12.2. The van der Waals surface area contributed by atoms with E-state index in [1.54, 1.807) is 6.20 Å². The van der Waals surface area contributed by atoms with Crippen LogP contribution in [0.3, 0.4) is 0 Å². The zero-order valence-electron chi connectivity index (χ0n) is 24.9. The van der Waals surface area contributed by atoms with Gasteiger partial charge in [-0.1, -0.05) is 0 Å². The second-order valence-electron chi connectivity index (χ2n) is 8.30. The van der Waals surface area contributed by atoms with E-state index in [0.29, 0.717) is 13.6 Å². The summed E-state index contributed by atoms with van der Waals surface area (Å²) < 4.78 is 55.0. The number of hydrogen-bond donors (Lipinski definition) is 4. The van der Waals surface area contributed by atoms with Crippen molar-refractivity contribution in [1.29, 1.82) is 5.34 Å². The Labute approximate surface area is 273 Å². The molecule has 2 fully saturated rings. The largest absolute Gasteiger partial charge is 0.394 e. The quantitative estimate of drug-likeness (QED) is 0.0850. The van der Waals surface area contributed by atoms with Crippen LogP contribution in [0.15, 0.2) is 22.0 Å². The minimum atomic E-state index is -1.00. The molecule has 0 bridgehead atoms. The van der Waals surface area contributed by atoms with Gasteiger partial charge in [0.15, 0.2) is 0 Å². The van der Waals surface area contributed by atoms with Gasteiger partial charge in [-0.05, 0) is 85.9 Å². The number of nitrogen functional groups attached to an aromatic ring is 2. The molecule has 0 radical (unpaired) electrons. The van der Waals surface area contributed by atoms with Crippen molar-refractivity contribution < 1.29 is 28.1 Å². The van der Waals surface area contributed by atoms with Gasteiger partial charge in [0, 0.05) is 25.2 Å². The second kappa shape index (κ2) is 16.3. The van der Waals surface area contributed by atoms with E-state index in [1.165, 1.54) is 15.3 Å². The molecule has 20 heteroatoms. The fourth-order valence-corrected chi connectivity index (χ4v) is 5.41. The summed E-state index contributed by atoms with van der Waals surface area (Å²) in [6.07, 6.45) is 0.151. The van der Waals surface area contributed by atoms with Crippen molar-refractivity contribution in [2.45, 2.75) is 49.7 Å². The first-order valence-electron chi connectivity index (χ1n) is 14.0. The lowest BCUT2D eigenvalue weighted by Crippen LogP contribution is -2.29. The number of ether oxygens (including phenoxy) is 2. The molecule has 6 atom stereocenters. The summed E-state index contributed by atoms with van der Waals surface area (Å²) in [4.78, 5) is 31.2. The van der Waals surface area contributed by atoms with E-state index in [-0.39, 0.29) is 42.6 Å². The normalized spacial score (nSPS) is 27.2. The Morgan fingerprint density at radius 3 is 2.17 bits per heavy atom. The molecule has 0 spiro atoms. The zero-order chi connectivity index (χ0) is 32.6. The molecule has 2 aliphatic heterocycles. The lowest BCUT2D eigenvalue weighted by molar-refractivity contribution is -0.0459. The summed E-state index contributed by atoms with van der Waals surface area (Å²) >= 11 is 5.96. The number of rotatable bonds is 12. The molecule has 14 nitrogen and oxygen atoms in total. The van der Waals surface area contributed by atoms with Gasteiger partial charge in [0.25, 0.3) is 0 Å². The van der Waals surface area contributed by atoms with Crippen LogP contribution >= 0.6 is 69.3 Å². The number of nitrogens with two attached hydrogens (primary N) is 2. The minimum Gasteiger partial charge on any atom is -0.394 e. The number of nitrogens with zero attached hydrogens (tertiary/aromatic N) is 4. The number of hydrogen-bond acceptors (Lipinski definition) is 14. The van der Waals surface area contributed by atoms with Gasteiger partial charge >= 0.3 is 11.4 Å². The number of aliphatic hydroxyl groups excluding tert-OH is 2. The lowest BCUT2D eigenvalue weighted by atomic mass is 10.2. The smallest absolute Gasteiger partial charge is 0.351 e. The molecular formula is C20H30B2I2N6O8S2. The summed E-state index contributed by atoms with van der Waals surface area (Å²) in [5, 5.41) is 18.5. The topological polar surface area (TPSA) is 199 Å². The van der Waals surface area contributed by atoms with Crippen LogP contribution in [-0.2, 0) is 17.8 Å². The van der Waals surface area contributed by atoms with Crippen molar-refractivity contribution in [3.63, 3.8) is 0 Å². The molecule has 4 rings (SSSR count). The Morgan fingerprint density at radius 1 is 1.07 bits per heavy atom. The highest BCUT2D eigenvalue weighted by atomic mass is 127. The van der Waals surface area contributed by atoms with Crippen molar-refractivity contribution in [2.24, 2.45) is 0 Å². The molecule has 2 aromatic heterocycles. The Bertz CT molecular complexity index is 1360. The summed E-state index contributed by atoms with van der Waals surface area (Å²) in [6.45, 7) is -0.134. The molecule has 2 aliphatic rings. The zero-order valence-corrected chi connectivity index (χ0v) is 26.8. The molecule has 0 aliphatic carbocycles. The standard InChI is InChI=1S/C11H18B2IN3O4S2.C9H12IN3O4/c12-4-22-19-3-8-7(21-23-5-13)1-9(20-8)17-2-6(14)10(15)16-11(17)18;10-4-2-13(9(16)12-8(4)11)7-1-5(15)6(3-14)17-7/h2,7-9H,1,3-5,12-13H2,(H2,15,16,18);2,5-7,14-15H,1,3H2,(H2,11,12,16)/t7-,8-,9-;5-,6-,7-/m11/s1/i12TD,13TD;. The molecule has 6 N–H and O–H groups in total. The van der Waals surface area contributed by atoms with Gasteiger partial charge in [-0.25, -0.2) is 9.59 Å². The van der Waals surface area contributed by atoms with Crippen molar-refractivity contribution >= 4 is 96.4 Å². The van der Waals surface area contributed by atoms with Crippen molar-refractivity contribution in [2.75, 3.05) is 36.0 Å². The summed E-state index contributed by atoms with van der Waals surface area (Å²) in [7, 11) is -1.99. The average Bonchev–Trinajstić information content (AvgIpc) is 3.53. The van der Waals surface area contributed by atoms with Crippen LogP contribution in [0.25, 0.3) is 0 Å². The monoisotopic (exact) mass is 828 g/mol. The number of aliphatic hydroxyl groups is 2. The van der Waals surface area contributed by atoms with Gasteiger partial charge in [-0.2, -0.15) is 9.97 Å². The maximum absolute atomic E-state index is 12.1. The summed E-state index contributed by atoms with van der Waals surface area (Å²) in [5.41, 5.74) is 10.5. The first-order chi connectivity index (χ1) is 20.8. The minimum absolute atomic E-state index is 0.151. The van der Waals surface area contributed by atoms with E-state index in [1.807, 2.05) is 45.2 Å². The fraction of sp³-hybridized carbons (Fsp3) is 0.600. The highest BCUT2D eigenvalue weighted by Gasteiger charge is 2.38. The SMILES string of the molecule is Nc1nc(=O)n([C@H]2C[C@@H](O)[C@@H](CO)O2)cc1I.[2H]B([3H])CSOC[C@H]1O[C@@H](n2cc(I)c(N)nc2=O)C[C@H]1OSCB([2H])[3H]. The van der Waals surface area contributed by atoms with Gasteiger partial charge in [0.2, 0.25) is 0 Å².